The van der Waals surface area contributed by atoms with Crippen LogP contribution in [-0.2, 0) is 14.4 Å². The lowest BCUT2D eigenvalue weighted by atomic mass is 10.1. The Morgan fingerprint density at radius 1 is 0.968 bits per heavy atom. The van der Waals surface area contributed by atoms with Gasteiger partial charge in [-0.1, -0.05) is 47.5 Å². The molecule has 0 radical (unpaired) electrons. The second-order valence-corrected chi connectivity index (χ2v) is 7.51. The van der Waals surface area contributed by atoms with Crippen LogP contribution in [0.15, 0.2) is 48.5 Å². The molecule has 162 valence electrons. The summed E-state index contributed by atoms with van der Waals surface area (Å²) in [6.07, 6.45) is 2.89. The van der Waals surface area contributed by atoms with E-state index < -0.39 is 11.8 Å². The molecule has 4 N–H and O–H groups in total. The van der Waals surface area contributed by atoms with Crippen LogP contribution in [-0.4, -0.2) is 22.8 Å². The highest BCUT2D eigenvalue weighted by atomic mass is 35.5. The van der Waals surface area contributed by atoms with Crippen molar-refractivity contribution >= 4 is 58.4 Å². The van der Waals surface area contributed by atoms with Gasteiger partial charge in [0.05, 0.1) is 0 Å². The van der Waals surface area contributed by atoms with Gasteiger partial charge in [-0.25, -0.2) is 0 Å². The molecule has 0 fully saturated rings. The molecular weight excluding hydrogens is 436 g/mol. The molecule has 0 aliphatic carbocycles. The summed E-state index contributed by atoms with van der Waals surface area (Å²) >= 11 is 11.0. The van der Waals surface area contributed by atoms with Gasteiger partial charge in [0.25, 0.3) is 0 Å². The van der Waals surface area contributed by atoms with Gasteiger partial charge in [-0.05, 0) is 55.4 Å². The number of carbonyl (C=O) groups is 3. The lowest BCUT2D eigenvalue weighted by Crippen LogP contribution is -2.48. The number of hydrogen-bond donors (Lipinski definition) is 4. The summed E-state index contributed by atoms with van der Waals surface area (Å²) in [6, 6.07) is 12.8. The molecule has 9 heteroatoms. The quantitative estimate of drug-likeness (QED) is 0.302. The van der Waals surface area contributed by atoms with Gasteiger partial charge in [0, 0.05) is 29.6 Å². The topological polar surface area (TPSA) is 99.3 Å². The van der Waals surface area contributed by atoms with Crippen molar-refractivity contribution in [3.63, 3.8) is 0 Å². The Morgan fingerprint density at radius 3 is 2.35 bits per heavy atom. The number of carbonyl (C=O) groups excluding carboxylic acids is 3. The van der Waals surface area contributed by atoms with Crippen LogP contribution in [0.1, 0.15) is 29.5 Å². The van der Waals surface area contributed by atoms with Gasteiger partial charge in [-0.2, -0.15) is 0 Å². The van der Waals surface area contributed by atoms with Crippen LogP contribution in [0.25, 0.3) is 6.08 Å². The molecule has 0 heterocycles. The predicted octanol–water partition coefficient (Wildman–Crippen LogP) is 3.41. The second kappa shape index (κ2) is 11.8. The number of thiocarbonyl (C=S) groups is 1. The van der Waals surface area contributed by atoms with Crippen molar-refractivity contribution in [3.05, 3.63) is 70.3 Å². The summed E-state index contributed by atoms with van der Waals surface area (Å²) in [5, 5.41) is 5.61. The molecule has 2 aromatic rings. The Labute approximate surface area is 191 Å². The minimum absolute atomic E-state index is 0.0299. The lowest BCUT2D eigenvalue weighted by molar-refractivity contribution is -0.124. The van der Waals surface area contributed by atoms with Crippen molar-refractivity contribution in [1.29, 1.82) is 0 Å². The zero-order valence-corrected chi connectivity index (χ0v) is 18.7. The Bertz CT molecular complexity index is 1010. The predicted molar refractivity (Wildman–Crippen MR) is 126 cm³/mol. The summed E-state index contributed by atoms with van der Waals surface area (Å²) in [5.74, 6) is -1.22. The number of amides is 3. The summed E-state index contributed by atoms with van der Waals surface area (Å²) in [4.78, 5) is 35.8. The Balaban J connectivity index is 1.68. The zero-order chi connectivity index (χ0) is 22.8. The molecule has 0 atom stereocenters. The number of halogens is 1. The van der Waals surface area contributed by atoms with Crippen LogP contribution in [0, 0.1) is 13.8 Å². The maximum Gasteiger partial charge on any atom is 0.250 e. The molecular formula is C22H23ClN4O3S. The average molecular weight is 459 g/mol. The van der Waals surface area contributed by atoms with Crippen molar-refractivity contribution in [2.45, 2.75) is 26.7 Å². The lowest BCUT2D eigenvalue weighted by Gasteiger charge is -2.11. The maximum absolute atomic E-state index is 12.0. The van der Waals surface area contributed by atoms with E-state index in [0.717, 1.165) is 16.7 Å². The first-order valence-electron chi connectivity index (χ1n) is 9.44. The third-order valence-electron chi connectivity index (χ3n) is 4.18. The third kappa shape index (κ3) is 8.57. The Hall–Kier alpha value is -3.23. The monoisotopic (exact) mass is 458 g/mol. The smallest absolute Gasteiger partial charge is 0.250 e. The van der Waals surface area contributed by atoms with Gasteiger partial charge < -0.3 is 5.32 Å². The highest BCUT2D eigenvalue weighted by Gasteiger charge is 2.10. The fourth-order valence-electron chi connectivity index (χ4n) is 2.41. The SMILES string of the molecule is Cc1ccc(C=CC(=O)NC(=S)NNC(=O)CCC(=O)Nc2cccc(Cl)c2C)cc1. The minimum atomic E-state index is -0.454. The summed E-state index contributed by atoms with van der Waals surface area (Å²) < 4.78 is 0. The zero-order valence-electron chi connectivity index (χ0n) is 17.1. The van der Waals surface area contributed by atoms with Crippen molar-refractivity contribution < 1.29 is 14.4 Å². The van der Waals surface area contributed by atoms with Crippen LogP contribution in [0.3, 0.4) is 0 Å². The molecule has 7 nitrogen and oxygen atoms in total. The summed E-state index contributed by atoms with van der Waals surface area (Å²) in [7, 11) is 0. The molecule has 0 bridgehead atoms. The molecule has 31 heavy (non-hydrogen) atoms. The Kier molecular flexibility index (Phi) is 9.17. The van der Waals surface area contributed by atoms with E-state index in [1.807, 2.05) is 31.2 Å². The van der Waals surface area contributed by atoms with Gasteiger partial charge in [-0.15, -0.1) is 0 Å². The molecule has 2 rings (SSSR count). The molecule has 0 aliphatic rings. The van der Waals surface area contributed by atoms with Gasteiger partial charge >= 0.3 is 0 Å². The van der Waals surface area contributed by atoms with Crippen LogP contribution in [0.2, 0.25) is 5.02 Å². The standard InChI is InChI=1S/C22H23ClN4O3S/c1-14-6-8-16(9-7-14)10-11-20(29)25-22(31)27-26-21(30)13-12-19(28)24-18-5-3-4-17(23)15(18)2/h3-11H,12-13H2,1-2H3,(H,24,28)(H,26,30)(H2,25,27,29,31). The highest BCUT2D eigenvalue weighted by molar-refractivity contribution is 7.80. The van der Waals surface area contributed by atoms with Crippen LogP contribution in [0.5, 0.6) is 0 Å². The van der Waals surface area contributed by atoms with E-state index in [4.69, 9.17) is 23.8 Å². The van der Waals surface area contributed by atoms with Crippen LogP contribution >= 0.6 is 23.8 Å². The maximum atomic E-state index is 12.0. The van der Waals surface area contributed by atoms with E-state index in [1.165, 1.54) is 6.08 Å². The van der Waals surface area contributed by atoms with Gasteiger partial charge in [0.1, 0.15) is 0 Å². The van der Waals surface area contributed by atoms with E-state index >= 15 is 0 Å². The largest absolute Gasteiger partial charge is 0.326 e. The summed E-state index contributed by atoms with van der Waals surface area (Å²) in [6.45, 7) is 3.77. The third-order valence-corrected chi connectivity index (χ3v) is 4.79. The highest BCUT2D eigenvalue weighted by Crippen LogP contribution is 2.23. The first-order valence-corrected chi connectivity index (χ1v) is 10.2. The van der Waals surface area contributed by atoms with E-state index in [0.29, 0.717) is 10.7 Å². The molecule has 0 aromatic heterocycles. The fourth-order valence-corrected chi connectivity index (χ4v) is 2.73. The van der Waals surface area contributed by atoms with Crippen molar-refractivity contribution in [2.24, 2.45) is 0 Å². The van der Waals surface area contributed by atoms with Crippen LogP contribution in [0.4, 0.5) is 5.69 Å². The second-order valence-electron chi connectivity index (χ2n) is 6.70. The molecule has 0 saturated carbocycles. The van der Waals surface area contributed by atoms with Gasteiger partial charge in [-0.3, -0.25) is 30.6 Å². The molecule has 0 spiro atoms. The average Bonchev–Trinajstić information content (AvgIpc) is 2.73. The number of hydrogen-bond acceptors (Lipinski definition) is 4. The van der Waals surface area contributed by atoms with E-state index in [9.17, 15) is 14.4 Å². The van der Waals surface area contributed by atoms with Gasteiger partial charge in [0.2, 0.25) is 17.7 Å². The van der Waals surface area contributed by atoms with Gasteiger partial charge in [0.15, 0.2) is 5.11 Å². The number of nitrogens with one attached hydrogen (secondary N) is 4. The number of anilines is 1. The first kappa shape index (κ1) is 24.0. The van der Waals surface area contributed by atoms with Crippen LogP contribution < -0.4 is 21.5 Å². The minimum Gasteiger partial charge on any atom is -0.326 e. The molecule has 2 aromatic carbocycles. The molecule has 0 unspecified atom stereocenters. The molecule has 0 saturated heterocycles. The summed E-state index contributed by atoms with van der Waals surface area (Å²) in [5.41, 5.74) is 8.11. The Morgan fingerprint density at radius 2 is 1.65 bits per heavy atom. The number of benzene rings is 2. The first-order chi connectivity index (χ1) is 14.7. The van der Waals surface area contributed by atoms with E-state index in [2.05, 4.69) is 21.5 Å². The van der Waals surface area contributed by atoms with E-state index in [-0.39, 0.29) is 23.9 Å². The van der Waals surface area contributed by atoms with Crippen molar-refractivity contribution in [3.8, 4) is 0 Å². The fraction of sp³-hybridized carbons (Fsp3) is 0.182. The molecule has 0 aliphatic heterocycles. The number of rotatable bonds is 6. The number of aryl methyl sites for hydroxylation is 1. The normalized spacial score (nSPS) is 10.4. The van der Waals surface area contributed by atoms with Crippen molar-refractivity contribution in [1.82, 2.24) is 16.2 Å². The molecule has 3 amide bonds. The number of hydrazine groups is 1. The van der Waals surface area contributed by atoms with Crippen molar-refractivity contribution in [2.75, 3.05) is 5.32 Å². The van der Waals surface area contributed by atoms with E-state index in [1.54, 1.807) is 31.2 Å².